The van der Waals surface area contributed by atoms with Gasteiger partial charge in [0.2, 0.25) is 5.67 Å². The number of carbonyl (C=O) groups excluding carboxylic acids is 2. The molecule has 4 fully saturated rings. The predicted octanol–water partition coefficient (Wildman–Crippen LogP) is 4.34. The molecule has 4 aliphatic rings. The van der Waals surface area contributed by atoms with Crippen LogP contribution in [0, 0.1) is 5.82 Å². The summed E-state index contributed by atoms with van der Waals surface area (Å²) in [6, 6.07) is 9.21. The first-order chi connectivity index (χ1) is 20.9. The Kier molecular flexibility index (Phi) is 8.21. The second kappa shape index (κ2) is 11.7. The molecule has 0 unspecified atom stereocenters. The van der Waals surface area contributed by atoms with E-state index in [1.54, 1.807) is 24.3 Å². The molecule has 1 saturated heterocycles. The van der Waals surface area contributed by atoms with E-state index in [0.29, 0.717) is 41.7 Å². The van der Waals surface area contributed by atoms with Gasteiger partial charge >= 0.3 is 10.2 Å². The number of amides is 2. The number of nitrogens with zero attached hydrogens (tertiary/aromatic N) is 1. The predicted molar refractivity (Wildman–Crippen MR) is 162 cm³/mol. The van der Waals surface area contributed by atoms with Gasteiger partial charge in [0.25, 0.3) is 11.8 Å². The van der Waals surface area contributed by atoms with Crippen LogP contribution in [0.15, 0.2) is 36.4 Å². The number of ether oxygens (including phenoxy) is 1. The SMILES string of the molecule is CN(C)S(=O)(=O)NC(=O)c1cccc(O[C@@H]2CC[C@@H](NC(=O)[C@@]3(F)CNC4(CCC4)C3)C2)c1-c1cccc(F)c1C1CCC1. The lowest BCUT2D eigenvalue weighted by atomic mass is 9.74. The highest BCUT2D eigenvalue weighted by molar-refractivity contribution is 7.87. The first kappa shape index (κ1) is 30.9. The number of nitrogens with one attached hydrogen (secondary N) is 3. The maximum atomic E-state index is 15.6. The van der Waals surface area contributed by atoms with Crippen LogP contribution in [0.25, 0.3) is 11.1 Å². The summed E-state index contributed by atoms with van der Waals surface area (Å²) in [4.78, 5) is 26.4. The average Bonchev–Trinajstić information content (AvgIpc) is 3.53. The molecule has 2 aromatic rings. The molecule has 0 aromatic heterocycles. The van der Waals surface area contributed by atoms with Gasteiger partial charge in [0.15, 0.2) is 0 Å². The first-order valence-corrected chi connectivity index (χ1v) is 16.9. The smallest absolute Gasteiger partial charge is 0.303 e. The van der Waals surface area contributed by atoms with Gasteiger partial charge in [-0.05, 0) is 80.2 Å². The fourth-order valence-electron chi connectivity index (χ4n) is 7.01. The zero-order valence-electron chi connectivity index (χ0n) is 25.1. The monoisotopic (exact) mass is 630 g/mol. The van der Waals surface area contributed by atoms with Gasteiger partial charge in [0.1, 0.15) is 17.7 Å². The Morgan fingerprint density at radius 3 is 2.43 bits per heavy atom. The van der Waals surface area contributed by atoms with Crippen molar-refractivity contribution in [3.8, 4) is 16.9 Å². The molecule has 3 aliphatic carbocycles. The van der Waals surface area contributed by atoms with Crippen LogP contribution in [0.1, 0.15) is 86.0 Å². The highest BCUT2D eigenvalue weighted by Gasteiger charge is 2.55. The third-order valence-corrected chi connectivity index (χ3v) is 11.3. The molecule has 1 heterocycles. The van der Waals surface area contributed by atoms with Crippen molar-refractivity contribution in [3.63, 3.8) is 0 Å². The van der Waals surface area contributed by atoms with Gasteiger partial charge < -0.3 is 15.4 Å². The highest BCUT2D eigenvalue weighted by Crippen LogP contribution is 2.47. The van der Waals surface area contributed by atoms with Gasteiger partial charge in [0, 0.05) is 50.6 Å². The standard InChI is InChI=1S/C32H40F2N4O5S/c1-38(2)44(41,42)37-29(39)24-10-5-12-26(28(24)23-9-4-11-25(33)27(23)20-7-3-8-20)43-22-14-13-21(17-22)36-30(40)32(34)18-31(35-19-32)15-6-16-31/h4-5,9-12,20-22,35H,3,6-8,13-19H2,1-2H3,(H,36,40)(H,37,39)/t21-,22-,32+/m1/s1. The van der Waals surface area contributed by atoms with Crippen LogP contribution in [-0.2, 0) is 15.0 Å². The zero-order valence-corrected chi connectivity index (χ0v) is 25.9. The Morgan fingerprint density at radius 2 is 1.80 bits per heavy atom. The van der Waals surface area contributed by atoms with Gasteiger partial charge in [-0.2, -0.15) is 12.7 Å². The topological polar surface area (TPSA) is 117 Å². The molecule has 9 nitrogen and oxygen atoms in total. The summed E-state index contributed by atoms with van der Waals surface area (Å²) in [5, 5.41) is 6.13. The molecule has 2 aromatic carbocycles. The van der Waals surface area contributed by atoms with E-state index in [2.05, 4.69) is 15.4 Å². The molecule has 1 spiro atoms. The van der Waals surface area contributed by atoms with E-state index in [-0.39, 0.29) is 47.9 Å². The molecule has 1 aliphatic heterocycles. The third kappa shape index (κ3) is 5.83. The minimum atomic E-state index is -4.10. The molecule has 0 radical (unpaired) electrons. The van der Waals surface area contributed by atoms with Crippen molar-refractivity contribution >= 4 is 22.0 Å². The Bertz CT molecular complexity index is 1560. The molecular weight excluding hydrogens is 590 g/mol. The van der Waals surface area contributed by atoms with E-state index in [0.717, 1.165) is 42.8 Å². The Balaban J connectivity index is 1.26. The van der Waals surface area contributed by atoms with Crippen molar-refractivity contribution in [2.24, 2.45) is 0 Å². The van der Waals surface area contributed by atoms with Crippen LogP contribution in [0.3, 0.4) is 0 Å². The number of carbonyl (C=O) groups is 2. The van der Waals surface area contributed by atoms with Gasteiger partial charge in [-0.15, -0.1) is 0 Å². The quantitative estimate of drug-likeness (QED) is 0.380. The number of rotatable bonds is 9. The summed E-state index contributed by atoms with van der Waals surface area (Å²) in [6.07, 6.45) is 6.84. The van der Waals surface area contributed by atoms with Crippen LogP contribution >= 0.6 is 0 Å². The van der Waals surface area contributed by atoms with Gasteiger partial charge in [-0.3, -0.25) is 9.59 Å². The lowest BCUT2D eigenvalue weighted by Crippen LogP contribution is -2.49. The van der Waals surface area contributed by atoms with Crippen LogP contribution < -0.4 is 20.1 Å². The summed E-state index contributed by atoms with van der Waals surface area (Å²) >= 11 is 0. The maximum Gasteiger partial charge on any atom is 0.303 e. The molecule has 12 heteroatoms. The first-order valence-electron chi connectivity index (χ1n) is 15.5. The minimum absolute atomic E-state index is 0.0181. The summed E-state index contributed by atoms with van der Waals surface area (Å²) in [6.45, 7) is 0.0181. The number of halogens is 2. The number of hydrogen-bond acceptors (Lipinski definition) is 6. The fourth-order valence-corrected chi connectivity index (χ4v) is 7.53. The summed E-state index contributed by atoms with van der Waals surface area (Å²) in [7, 11) is -1.48. The molecule has 238 valence electrons. The number of alkyl halides is 1. The zero-order chi connectivity index (χ0) is 31.3. The second-order valence-corrected chi connectivity index (χ2v) is 15.0. The van der Waals surface area contributed by atoms with E-state index >= 15 is 8.78 Å². The molecule has 2 amide bonds. The van der Waals surface area contributed by atoms with Crippen LogP contribution in [0.5, 0.6) is 5.75 Å². The van der Waals surface area contributed by atoms with E-state index in [1.165, 1.54) is 26.2 Å². The van der Waals surface area contributed by atoms with E-state index in [1.807, 2.05) is 0 Å². The lowest BCUT2D eigenvalue weighted by molar-refractivity contribution is -0.133. The van der Waals surface area contributed by atoms with E-state index in [4.69, 9.17) is 4.74 Å². The van der Waals surface area contributed by atoms with Crippen molar-refractivity contribution in [1.29, 1.82) is 0 Å². The average molecular weight is 631 g/mol. The Labute approximate surface area is 257 Å². The van der Waals surface area contributed by atoms with Crippen LogP contribution in [-0.4, -0.2) is 68.5 Å². The van der Waals surface area contributed by atoms with Crippen molar-refractivity contribution in [2.75, 3.05) is 20.6 Å². The molecule has 44 heavy (non-hydrogen) atoms. The van der Waals surface area contributed by atoms with Gasteiger partial charge in [-0.25, -0.2) is 13.5 Å². The van der Waals surface area contributed by atoms with Crippen LogP contribution in [0.2, 0.25) is 0 Å². The van der Waals surface area contributed by atoms with Gasteiger partial charge in [-0.1, -0.05) is 24.6 Å². The Hall–Kier alpha value is -3.09. The largest absolute Gasteiger partial charge is 0.490 e. The summed E-state index contributed by atoms with van der Waals surface area (Å²) < 4.78 is 65.5. The molecule has 3 saturated carbocycles. The van der Waals surface area contributed by atoms with Crippen molar-refractivity contribution in [2.45, 2.75) is 93.5 Å². The third-order valence-electron chi connectivity index (χ3n) is 9.90. The molecule has 6 rings (SSSR count). The normalized spacial score (nSPS) is 26.3. The van der Waals surface area contributed by atoms with Crippen molar-refractivity contribution in [1.82, 2.24) is 19.7 Å². The molecular formula is C32H40F2N4O5S. The minimum Gasteiger partial charge on any atom is -0.490 e. The van der Waals surface area contributed by atoms with Crippen molar-refractivity contribution < 1.29 is 31.5 Å². The highest BCUT2D eigenvalue weighted by atomic mass is 32.2. The molecule has 3 atom stereocenters. The Morgan fingerprint density at radius 1 is 1.05 bits per heavy atom. The summed E-state index contributed by atoms with van der Waals surface area (Å²) in [5.74, 6) is -1.54. The summed E-state index contributed by atoms with van der Waals surface area (Å²) in [5.41, 5.74) is -0.853. The van der Waals surface area contributed by atoms with E-state index < -0.39 is 27.7 Å². The number of hydrogen-bond donors (Lipinski definition) is 3. The van der Waals surface area contributed by atoms with Crippen LogP contribution in [0.4, 0.5) is 8.78 Å². The lowest BCUT2D eigenvalue weighted by Gasteiger charge is -2.38. The fraction of sp³-hybridized carbons (Fsp3) is 0.562. The van der Waals surface area contributed by atoms with Gasteiger partial charge in [0.05, 0.1) is 5.56 Å². The molecule has 3 N–H and O–H groups in total. The van der Waals surface area contributed by atoms with E-state index in [9.17, 15) is 18.0 Å². The second-order valence-electron chi connectivity index (χ2n) is 13.1. The van der Waals surface area contributed by atoms with Crippen molar-refractivity contribution in [3.05, 3.63) is 53.3 Å². The molecule has 0 bridgehead atoms. The maximum absolute atomic E-state index is 15.6. The number of benzene rings is 2.